The molecular weight excluding hydrogens is 226 g/mol. The van der Waals surface area contributed by atoms with Crippen LogP contribution in [0.25, 0.3) is 0 Å². The smallest absolute Gasteiger partial charge is 0.271 e. The van der Waals surface area contributed by atoms with Gasteiger partial charge in [-0.1, -0.05) is 12.1 Å². The molecule has 16 heavy (non-hydrogen) atoms. The summed E-state index contributed by atoms with van der Waals surface area (Å²) in [5.41, 5.74) is 1.66. The van der Waals surface area contributed by atoms with Crippen LogP contribution in [-0.4, -0.2) is 24.1 Å². The number of hydroxylamine groups is 2. The number of benzene rings is 1. The van der Waals surface area contributed by atoms with Crippen molar-refractivity contribution in [1.82, 2.24) is 5.06 Å². The maximum atomic E-state index is 12.0. The van der Waals surface area contributed by atoms with Gasteiger partial charge in [-0.2, -0.15) is 0 Å². The summed E-state index contributed by atoms with van der Waals surface area (Å²) in [4.78, 5) is 17.3. The fourth-order valence-electron chi connectivity index (χ4n) is 1.64. The molecule has 1 aliphatic rings. The largest absolute Gasteiger partial charge is 0.277 e. The third kappa shape index (κ3) is 2.54. The van der Waals surface area contributed by atoms with Crippen LogP contribution in [0, 0.1) is 0 Å². The lowest BCUT2D eigenvalue weighted by Gasteiger charge is -2.25. The van der Waals surface area contributed by atoms with E-state index in [4.69, 9.17) is 16.4 Å². The summed E-state index contributed by atoms with van der Waals surface area (Å²) in [7, 11) is 0. The molecule has 1 saturated heterocycles. The van der Waals surface area contributed by atoms with Crippen LogP contribution in [0.2, 0.25) is 0 Å². The second-order valence-corrected chi connectivity index (χ2v) is 4.05. The number of carbonyl (C=O) groups excluding carboxylic acids is 1. The Balaban J connectivity index is 2.07. The van der Waals surface area contributed by atoms with Gasteiger partial charge in [0.15, 0.2) is 0 Å². The Morgan fingerprint density at radius 2 is 2.06 bits per heavy atom. The first-order valence-electron chi connectivity index (χ1n) is 5.41. The molecule has 0 N–H and O–H groups in total. The summed E-state index contributed by atoms with van der Waals surface area (Å²) in [6.07, 6.45) is 2.03. The fourth-order valence-corrected chi connectivity index (χ4v) is 1.82. The summed E-state index contributed by atoms with van der Waals surface area (Å²) >= 11 is 5.69. The van der Waals surface area contributed by atoms with E-state index in [9.17, 15) is 4.79 Å². The molecule has 0 bridgehead atoms. The molecule has 0 unspecified atom stereocenters. The Morgan fingerprint density at radius 1 is 1.31 bits per heavy atom. The second-order valence-electron chi connectivity index (χ2n) is 3.78. The van der Waals surface area contributed by atoms with Crippen LogP contribution in [-0.2, 0) is 10.7 Å². The van der Waals surface area contributed by atoms with Gasteiger partial charge in [-0.25, -0.2) is 5.06 Å². The third-order valence-electron chi connectivity index (χ3n) is 2.58. The molecule has 1 aliphatic heterocycles. The molecule has 1 aromatic carbocycles. The molecule has 0 aromatic heterocycles. The molecule has 0 spiro atoms. The number of alkyl halides is 1. The van der Waals surface area contributed by atoms with Gasteiger partial charge in [-0.15, -0.1) is 11.6 Å². The highest BCUT2D eigenvalue weighted by Gasteiger charge is 2.18. The SMILES string of the molecule is O=C(c1ccc(CCl)cc1)N1CCCCO1. The minimum Gasteiger partial charge on any atom is -0.271 e. The number of nitrogens with zero attached hydrogens (tertiary/aromatic N) is 1. The maximum absolute atomic E-state index is 12.0. The zero-order chi connectivity index (χ0) is 11.4. The van der Waals surface area contributed by atoms with Crippen molar-refractivity contribution in [3.8, 4) is 0 Å². The van der Waals surface area contributed by atoms with Crippen molar-refractivity contribution < 1.29 is 9.63 Å². The summed E-state index contributed by atoms with van der Waals surface area (Å²) in [6.45, 7) is 1.31. The normalized spacial score (nSPS) is 16.2. The highest BCUT2D eigenvalue weighted by atomic mass is 35.5. The van der Waals surface area contributed by atoms with Crippen LogP contribution in [0.3, 0.4) is 0 Å². The Morgan fingerprint density at radius 3 is 2.62 bits per heavy atom. The van der Waals surface area contributed by atoms with E-state index in [1.807, 2.05) is 12.1 Å². The van der Waals surface area contributed by atoms with Crippen molar-refractivity contribution in [2.75, 3.05) is 13.2 Å². The minimum atomic E-state index is -0.0687. The van der Waals surface area contributed by atoms with Crippen molar-refractivity contribution in [3.05, 3.63) is 35.4 Å². The van der Waals surface area contributed by atoms with E-state index in [0.717, 1.165) is 18.4 Å². The van der Waals surface area contributed by atoms with Gasteiger partial charge in [-0.05, 0) is 30.5 Å². The van der Waals surface area contributed by atoms with Crippen molar-refractivity contribution in [3.63, 3.8) is 0 Å². The summed E-state index contributed by atoms with van der Waals surface area (Å²) in [5.74, 6) is 0.398. The molecule has 0 atom stereocenters. The summed E-state index contributed by atoms with van der Waals surface area (Å²) in [5, 5.41) is 1.44. The number of hydrogen-bond donors (Lipinski definition) is 0. The highest BCUT2D eigenvalue weighted by molar-refractivity contribution is 6.17. The van der Waals surface area contributed by atoms with E-state index in [-0.39, 0.29) is 5.91 Å². The van der Waals surface area contributed by atoms with E-state index in [0.29, 0.717) is 24.6 Å². The number of hydrogen-bond acceptors (Lipinski definition) is 2. The lowest BCUT2D eigenvalue weighted by atomic mass is 10.1. The molecule has 2 rings (SSSR count). The maximum Gasteiger partial charge on any atom is 0.277 e. The number of halogens is 1. The Kier molecular flexibility index (Phi) is 3.80. The number of carbonyl (C=O) groups is 1. The van der Waals surface area contributed by atoms with Gasteiger partial charge in [0.25, 0.3) is 5.91 Å². The molecule has 0 saturated carbocycles. The first-order chi connectivity index (χ1) is 7.81. The molecule has 0 aliphatic carbocycles. The number of rotatable bonds is 2. The average Bonchev–Trinajstić information content (AvgIpc) is 2.39. The van der Waals surface area contributed by atoms with Gasteiger partial charge in [0.1, 0.15) is 0 Å². The van der Waals surface area contributed by atoms with E-state index in [2.05, 4.69) is 0 Å². The predicted molar refractivity (Wildman–Crippen MR) is 62.2 cm³/mol. The molecule has 1 aromatic rings. The van der Waals surface area contributed by atoms with E-state index < -0.39 is 0 Å². The predicted octanol–water partition coefficient (Wildman–Crippen LogP) is 2.59. The lowest BCUT2D eigenvalue weighted by Crippen LogP contribution is -2.35. The molecule has 4 heteroatoms. The van der Waals surface area contributed by atoms with Crippen molar-refractivity contribution in [2.45, 2.75) is 18.7 Å². The van der Waals surface area contributed by atoms with Crippen molar-refractivity contribution in [1.29, 1.82) is 0 Å². The van der Waals surface area contributed by atoms with Gasteiger partial charge in [-0.3, -0.25) is 9.63 Å². The van der Waals surface area contributed by atoms with Crippen LogP contribution in [0.5, 0.6) is 0 Å². The van der Waals surface area contributed by atoms with Crippen LogP contribution in [0.1, 0.15) is 28.8 Å². The Bertz CT molecular complexity index is 358. The molecule has 86 valence electrons. The summed E-state index contributed by atoms with van der Waals surface area (Å²) < 4.78 is 0. The molecule has 1 heterocycles. The summed E-state index contributed by atoms with van der Waals surface area (Å²) in [6, 6.07) is 7.31. The van der Waals surface area contributed by atoms with Gasteiger partial charge in [0, 0.05) is 18.0 Å². The Labute approximate surface area is 99.9 Å². The monoisotopic (exact) mass is 239 g/mol. The number of amides is 1. The molecule has 3 nitrogen and oxygen atoms in total. The van der Waals surface area contributed by atoms with Crippen molar-refractivity contribution >= 4 is 17.5 Å². The quantitative estimate of drug-likeness (QED) is 0.743. The zero-order valence-corrected chi connectivity index (χ0v) is 9.74. The van der Waals surface area contributed by atoms with Crippen LogP contribution in [0.4, 0.5) is 0 Å². The van der Waals surface area contributed by atoms with Crippen LogP contribution < -0.4 is 0 Å². The van der Waals surface area contributed by atoms with Gasteiger partial charge in [0.2, 0.25) is 0 Å². The third-order valence-corrected chi connectivity index (χ3v) is 2.89. The van der Waals surface area contributed by atoms with Crippen LogP contribution >= 0.6 is 11.6 Å². The van der Waals surface area contributed by atoms with E-state index >= 15 is 0 Å². The zero-order valence-electron chi connectivity index (χ0n) is 8.99. The van der Waals surface area contributed by atoms with Gasteiger partial charge in [0.05, 0.1) is 6.61 Å². The molecule has 1 fully saturated rings. The minimum absolute atomic E-state index is 0.0687. The topological polar surface area (TPSA) is 29.5 Å². The van der Waals surface area contributed by atoms with Crippen LogP contribution in [0.15, 0.2) is 24.3 Å². The van der Waals surface area contributed by atoms with E-state index in [1.54, 1.807) is 12.1 Å². The molecule has 1 amide bonds. The fraction of sp³-hybridized carbons (Fsp3) is 0.417. The highest BCUT2D eigenvalue weighted by Crippen LogP contribution is 2.13. The molecule has 0 radical (unpaired) electrons. The lowest BCUT2D eigenvalue weighted by molar-refractivity contribution is -0.144. The van der Waals surface area contributed by atoms with Crippen molar-refractivity contribution in [2.24, 2.45) is 0 Å². The van der Waals surface area contributed by atoms with Gasteiger partial charge >= 0.3 is 0 Å². The second kappa shape index (κ2) is 5.32. The van der Waals surface area contributed by atoms with Gasteiger partial charge < -0.3 is 0 Å². The average molecular weight is 240 g/mol. The standard InChI is InChI=1S/C12H14ClNO2/c13-9-10-3-5-11(6-4-10)12(15)14-7-1-2-8-16-14/h3-6H,1-2,7-9H2. The Hall–Kier alpha value is -1.06. The molecular formula is C12H14ClNO2. The first kappa shape index (κ1) is 11.4. The van der Waals surface area contributed by atoms with E-state index in [1.165, 1.54) is 5.06 Å². The first-order valence-corrected chi connectivity index (χ1v) is 5.94.